The fourth-order valence-electron chi connectivity index (χ4n) is 2.63. The SMILES string of the molecule is CCCC1CCN(c2ccc(CN)cc2Br)C1. The van der Waals surface area contributed by atoms with Crippen molar-refractivity contribution < 1.29 is 0 Å². The number of anilines is 1. The lowest BCUT2D eigenvalue weighted by molar-refractivity contribution is 0.530. The third-order valence-electron chi connectivity index (χ3n) is 3.57. The number of benzene rings is 1. The quantitative estimate of drug-likeness (QED) is 0.921. The van der Waals surface area contributed by atoms with Gasteiger partial charge in [0.05, 0.1) is 5.69 Å². The summed E-state index contributed by atoms with van der Waals surface area (Å²) in [7, 11) is 0. The van der Waals surface area contributed by atoms with Gasteiger partial charge in [0.1, 0.15) is 0 Å². The molecule has 0 saturated carbocycles. The largest absolute Gasteiger partial charge is 0.370 e. The summed E-state index contributed by atoms with van der Waals surface area (Å²) in [5.41, 5.74) is 8.15. The molecule has 0 aromatic heterocycles. The van der Waals surface area contributed by atoms with E-state index in [1.54, 1.807) is 0 Å². The van der Waals surface area contributed by atoms with Crippen molar-refractivity contribution in [1.29, 1.82) is 0 Å². The van der Waals surface area contributed by atoms with E-state index in [-0.39, 0.29) is 0 Å². The fourth-order valence-corrected chi connectivity index (χ4v) is 3.31. The molecule has 17 heavy (non-hydrogen) atoms. The summed E-state index contributed by atoms with van der Waals surface area (Å²) in [6.45, 7) is 5.27. The van der Waals surface area contributed by atoms with Gasteiger partial charge in [-0.1, -0.05) is 19.4 Å². The van der Waals surface area contributed by atoms with Crippen LogP contribution < -0.4 is 10.6 Å². The van der Waals surface area contributed by atoms with Crippen LogP contribution in [0, 0.1) is 5.92 Å². The average molecular weight is 297 g/mol. The molecular weight excluding hydrogens is 276 g/mol. The normalized spacial score (nSPS) is 19.9. The second kappa shape index (κ2) is 5.87. The Morgan fingerprint density at radius 2 is 2.29 bits per heavy atom. The summed E-state index contributed by atoms with van der Waals surface area (Å²) in [5, 5.41) is 0. The van der Waals surface area contributed by atoms with Crippen molar-refractivity contribution in [1.82, 2.24) is 0 Å². The highest BCUT2D eigenvalue weighted by molar-refractivity contribution is 9.10. The summed E-state index contributed by atoms with van der Waals surface area (Å²) >= 11 is 3.66. The molecule has 1 unspecified atom stereocenters. The first-order valence-electron chi connectivity index (χ1n) is 6.48. The first-order valence-corrected chi connectivity index (χ1v) is 7.27. The zero-order valence-corrected chi connectivity index (χ0v) is 12.0. The van der Waals surface area contributed by atoms with Crippen molar-refractivity contribution in [3.05, 3.63) is 28.2 Å². The molecular formula is C14H21BrN2. The maximum Gasteiger partial charge on any atom is 0.0510 e. The number of hydrogen-bond acceptors (Lipinski definition) is 2. The molecule has 0 bridgehead atoms. The van der Waals surface area contributed by atoms with E-state index in [4.69, 9.17) is 5.73 Å². The molecule has 1 aromatic carbocycles. The molecule has 1 aliphatic rings. The number of rotatable bonds is 4. The minimum absolute atomic E-state index is 0.608. The number of halogens is 1. The van der Waals surface area contributed by atoms with E-state index < -0.39 is 0 Å². The summed E-state index contributed by atoms with van der Waals surface area (Å²) in [5.74, 6) is 0.876. The highest BCUT2D eigenvalue weighted by atomic mass is 79.9. The standard InChI is InChI=1S/C14H21BrN2/c1-2-3-11-6-7-17(10-11)14-5-4-12(9-16)8-13(14)15/h4-5,8,11H,2-3,6-7,9-10,16H2,1H3. The first kappa shape index (κ1) is 12.9. The van der Waals surface area contributed by atoms with Crippen molar-refractivity contribution in [2.75, 3.05) is 18.0 Å². The molecule has 2 nitrogen and oxygen atoms in total. The predicted octanol–water partition coefficient (Wildman–Crippen LogP) is 3.53. The van der Waals surface area contributed by atoms with Gasteiger partial charge < -0.3 is 10.6 Å². The van der Waals surface area contributed by atoms with Gasteiger partial charge in [-0.3, -0.25) is 0 Å². The fraction of sp³-hybridized carbons (Fsp3) is 0.571. The molecule has 1 aromatic rings. The zero-order chi connectivity index (χ0) is 12.3. The second-order valence-corrected chi connectivity index (χ2v) is 5.73. The Bertz CT molecular complexity index is 378. The third-order valence-corrected chi connectivity index (χ3v) is 4.21. The van der Waals surface area contributed by atoms with E-state index in [9.17, 15) is 0 Å². The topological polar surface area (TPSA) is 29.3 Å². The zero-order valence-electron chi connectivity index (χ0n) is 10.5. The lowest BCUT2D eigenvalue weighted by Crippen LogP contribution is -2.20. The van der Waals surface area contributed by atoms with E-state index in [0.29, 0.717) is 6.54 Å². The Labute approximate surface area is 112 Å². The van der Waals surface area contributed by atoms with Crippen LogP contribution in [0.15, 0.2) is 22.7 Å². The van der Waals surface area contributed by atoms with Gasteiger partial charge in [0.2, 0.25) is 0 Å². The van der Waals surface area contributed by atoms with Crippen LogP contribution in [-0.2, 0) is 6.54 Å². The second-order valence-electron chi connectivity index (χ2n) is 4.88. The van der Waals surface area contributed by atoms with Crippen LogP contribution in [0.3, 0.4) is 0 Å². The van der Waals surface area contributed by atoms with Crippen LogP contribution >= 0.6 is 15.9 Å². The van der Waals surface area contributed by atoms with Crippen molar-refractivity contribution in [2.45, 2.75) is 32.7 Å². The molecule has 2 N–H and O–H groups in total. The van der Waals surface area contributed by atoms with E-state index in [1.807, 2.05) is 0 Å². The van der Waals surface area contributed by atoms with Crippen LogP contribution in [0.25, 0.3) is 0 Å². The van der Waals surface area contributed by atoms with Gasteiger partial charge in [-0.05, 0) is 52.4 Å². The van der Waals surface area contributed by atoms with Gasteiger partial charge in [-0.2, -0.15) is 0 Å². The van der Waals surface area contributed by atoms with Crippen LogP contribution in [0.1, 0.15) is 31.7 Å². The maximum absolute atomic E-state index is 5.65. The Kier molecular flexibility index (Phi) is 4.46. The molecule has 1 fully saturated rings. The molecule has 0 amide bonds. The predicted molar refractivity (Wildman–Crippen MR) is 77.3 cm³/mol. The van der Waals surface area contributed by atoms with Crippen molar-refractivity contribution in [2.24, 2.45) is 11.7 Å². The van der Waals surface area contributed by atoms with Crippen LogP contribution in [0.2, 0.25) is 0 Å². The molecule has 3 heteroatoms. The van der Waals surface area contributed by atoms with Gasteiger partial charge >= 0.3 is 0 Å². The molecule has 1 atom stereocenters. The highest BCUT2D eigenvalue weighted by Gasteiger charge is 2.23. The maximum atomic E-state index is 5.65. The monoisotopic (exact) mass is 296 g/mol. The van der Waals surface area contributed by atoms with E-state index in [0.717, 1.165) is 5.92 Å². The summed E-state index contributed by atoms with van der Waals surface area (Å²) in [6.07, 6.45) is 3.99. The summed E-state index contributed by atoms with van der Waals surface area (Å²) in [4.78, 5) is 2.49. The van der Waals surface area contributed by atoms with Gasteiger partial charge in [-0.15, -0.1) is 0 Å². The van der Waals surface area contributed by atoms with Crippen molar-refractivity contribution in [3.63, 3.8) is 0 Å². The van der Waals surface area contributed by atoms with Gasteiger partial charge in [0.25, 0.3) is 0 Å². The lowest BCUT2D eigenvalue weighted by atomic mass is 10.0. The molecule has 1 saturated heterocycles. The Morgan fingerprint density at radius 1 is 1.47 bits per heavy atom. The Balaban J connectivity index is 2.08. The summed E-state index contributed by atoms with van der Waals surface area (Å²) in [6, 6.07) is 6.47. The molecule has 2 rings (SSSR count). The lowest BCUT2D eigenvalue weighted by Gasteiger charge is -2.20. The van der Waals surface area contributed by atoms with Crippen LogP contribution in [0.4, 0.5) is 5.69 Å². The average Bonchev–Trinajstić information content (AvgIpc) is 2.78. The van der Waals surface area contributed by atoms with Gasteiger partial charge in [0.15, 0.2) is 0 Å². The van der Waals surface area contributed by atoms with Crippen LogP contribution in [0.5, 0.6) is 0 Å². The Morgan fingerprint density at radius 3 is 2.94 bits per heavy atom. The first-order chi connectivity index (χ1) is 8.24. The number of hydrogen-bond donors (Lipinski definition) is 1. The smallest absolute Gasteiger partial charge is 0.0510 e. The van der Waals surface area contributed by atoms with Crippen molar-refractivity contribution >= 4 is 21.6 Å². The number of nitrogens with two attached hydrogens (primary N) is 1. The minimum Gasteiger partial charge on any atom is -0.370 e. The minimum atomic E-state index is 0.608. The van der Waals surface area contributed by atoms with Crippen molar-refractivity contribution in [3.8, 4) is 0 Å². The molecule has 0 spiro atoms. The molecule has 0 radical (unpaired) electrons. The summed E-state index contributed by atoms with van der Waals surface area (Å²) < 4.78 is 1.18. The number of nitrogens with zero attached hydrogens (tertiary/aromatic N) is 1. The van der Waals surface area contributed by atoms with Gasteiger partial charge in [0, 0.05) is 24.1 Å². The third kappa shape index (κ3) is 3.02. The van der Waals surface area contributed by atoms with E-state index >= 15 is 0 Å². The van der Waals surface area contributed by atoms with E-state index in [1.165, 1.54) is 48.1 Å². The molecule has 1 aliphatic heterocycles. The molecule has 1 heterocycles. The van der Waals surface area contributed by atoms with E-state index in [2.05, 4.69) is 46.0 Å². The Hall–Kier alpha value is -0.540. The molecule has 94 valence electrons. The van der Waals surface area contributed by atoms with Gasteiger partial charge in [-0.25, -0.2) is 0 Å². The van der Waals surface area contributed by atoms with Crippen LogP contribution in [-0.4, -0.2) is 13.1 Å². The molecule has 0 aliphatic carbocycles. The highest BCUT2D eigenvalue weighted by Crippen LogP contribution is 2.32.